The van der Waals surface area contributed by atoms with Crippen molar-refractivity contribution < 1.29 is 19.1 Å². The van der Waals surface area contributed by atoms with E-state index in [1.807, 2.05) is 26.8 Å². The quantitative estimate of drug-likeness (QED) is 0.394. The molecule has 4 nitrogen and oxygen atoms in total. The van der Waals surface area contributed by atoms with Crippen molar-refractivity contribution in [1.82, 2.24) is 0 Å². The SMILES string of the molecule is COC(=O)C(I)CCCc1ccc(C(=O)OC(C)(C)C)s1. The second-order valence-electron chi connectivity index (χ2n) is 5.65. The van der Waals surface area contributed by atoms with E-state index in [4.69, 9.17) is 9.47 Å². The molecule has 0 saturated heterocycles. The molecule has 1 rings (SSSR count). The highest BCUT2D eigenvalue weighted by Gasteiger charge is 2.19. The number of carbonyl (C=O) groups is 2. The number of esters is 2. The van der Waals surface area contributed by atoms with Crippen molar-refractivity contribution in [2.24, 2.45) is 0 Å². The van der Waals surface area contributed by atoms with E-state index in [2.05, 4.69) is 22.6 Å². The number of carbonyl (C=O) groups excluding carboxylic acids is 2. The predicted molar refractivity (Wildman–Crippen MR) is 92.2 cm³/mol. The van der Waals surface area contributed by atoms with E-state index >= 15 is 0 Å². The maximum Gasteiger partial charge on any atom is 0.348 e. The number of aryl methyl sites for hydroxylation is 1. The van der Waals surface area contributed by atoms with Gasteiger partial charge >= 0.3 is 11.9 Å². The second-order valence-corrected chi connectivity index (χ2v) is 8.32. The van der Waals surface area contributed by atoms with Crippen LogP contribution in [-0.4, -0.2) is 28.6 Å². The molecule has 0 spiro atoms. The molecule has 6 heteroatoms. The van der Waals surface area contributed by atoms with Crippen molar-refractivity contribution in [3.8, 4) is 0 Å². The molecule has 0 fully saturated rings. The van der Waals surface area contributed by atoms with Crippen molar-refractivity contribution in [1.29, 1.82) is 0 Å². The molecule has 1 unspecified atom stereocenters. The summed E-state index contributed by atoms with van der Waals surface area (Å²) < 4.78 is 9.91. The molecule has 1 heterocycles. The summed E-state index contributed by atoms with van der Waals surface area (Å²) in [6, 6.07) is 3.75. The first-order valence-electron chi connectivity index (χ1n) is 6.77. The van der Waals surface area contributed by atoms with E-state index in [9.17, 15) is 9.59 Å². The largest absolute Gasteiger partial charge is 0.468 e. The highest BCUT2D eigenvalue weighted by molar-refractivity contribution is 14.1. The van der Waals surface area contributed by atoms with E-state index in [-0.39, 0.29) is 15.9 Å². The summed E-state index contributed by atoms with van der Waals surface area (Å²) in [4.78, 5) is 25.0. The molecule has 0 amide bonds. The Morgan fingerprint density at radius 2 is 2.00 bits per heavy atom. The Morgan fingerprint density at radius 3 is 2.57 bits per heavy atom. The number of hydrogen-bond acceptors (Lipinski definition) is 5. The van der Waals surface area contributed by atoms with Crippen LogP contribution in [0.25, 0.3) is 0 Å². The van der Waals surface area contributed by atoms with Gasteiger partial charge in [-0.3, -0.25) is 4.79 Å². The fourth-order valence-corrected chi connectivity index (χ4v) is 3.27. The highest BCUT2D eigenvalue weighted by atomic mass is 127. The summed E-state index contributed by atoms with van der Waals surface area (Å²) in [5.41, 5.74) is -0.476. The zero-order chi connectivity index (χ0) is 16.0. The van der Waals surface area contributed by atoms with Crippen LogP contribution in [0.3, 0.4) is 0 Å². The number of ether oxygens (including phenoxy) is 2. The Balaban J connectivity index is 2.45. The number of hydrogen-bond donors (Lipinski definition) is 0. The summed E-state index contributed by atoms with van der Waals surface area (Å²) in [6.07, 6.45) is 2.51. The minimum atomic E-state index is -0.476. The third-order valence-electron chi connectivity index (χ3n) is 2.60. The van der Waals surface area contributed by atoms with Crippen LogP contribution in [0, 0.1) is 0 Å². The first-order chi connectivity index (χ1) is 9.73. The number of rotatable bonds is 6. The monoisotopic (exact) mass is 424 g/mol. The van der Waals surface area contributed by atoms with Crippen molar-refractivity contribution in [2.45, 2.75) is 49.6 Å². The van der Waals surface area contributed by atoms with Gasteiger partial charge in [0.15, 0.2) is 0 Å². The molecule has 1 atom stereocenters. The Bertz CT molecular complexity index is 490. The molecule has 0 saturated carbocycles. The minimum Gasteiger partial charge on any atom is -0.468 e. The smallest absolute Gasteiger partial charge is 0.348 e. The lowest BCUT2D eigenvalue weighted by molar-refractivity contribution is -0.139. The fourth-order valence-electron chi connectivity index (χ4n) is 1.65. The molecular formula is C15H21IO4S. The van der Waals surface area contributed by atoms with E-state index in [0.29, 0.717) is 4.88 Å². The summed E-state index contributed by atoms with van der Waals surface area (Å²) >= 11 is 3.55. The van der Waals surface area contributed by atoms with Crippen LogP contribution >= 0.6 is 33.9 Å². The molecule has 1 aromatic rings. The summed E-state index contributed by atoms with van der Waals surface area (Å²) in [7, 11) is 1.40. The lowest BCUT2D eigenvalue weighted by Crippen LogP contribution is -2.23. The molecule has 0 bridgehead atoms. The number of thiophene rings is 1. The highest BCUT2D eigenvalue weighted by Crippen LogP contribution is 2.22. The predicted octanol–water partition coefficient (Wildman–Crippen LogP) is 4.00. The van der Waals surface area contributed by atoms with Gasteiger partial charge in [0.1, 0.15) is 14.4 Å². The Hall–Kier alpha value is -0.630. The molecule has 0 radical (unpaired) electrons. The lowest BCUT2D eigenvalue weighted by atomic mass is 10.2. The Morgan fingerprint density at radius 1 is 1.33 bits per heavy atom. The molecule has 118 valence electrons. The molecule has 0 aliphatic heterocycles. The van der Waals surface area contributed by atoms with Gasteiger partial charge in [-0.05, 0) is 52.2 Å². The fraction of sp³-hybridized carbons (Fsp3) is 0.600. The van der Waals surface area contributed by atoms with Crippen molar-refractivity contribution in [3.05, 3.63) is 21.9 Å². The summed E-state index contributed by atoms with van der Waals surface area (Å²) in [5, 5.41) is 0. The van der Waals surface area contributed by atoms with E-state index in [1.54, 1.807) is 6.07 Å². The normalized spacial score (nSPS) is 12.8. The maximum absolute atomic E-state index is 11.9. The number of halogens is 1. The van der Waals surface area contributed by atoms with E-state index in [1.165, 1.54) is 18.4 Å². The average molecular weight is 424 g/mol. The van der Waals surface area contributed by atoms with Gasteiger partial charge in [-0.25, -0.2) is 4.79 Å². The topological polar surface area (TPSA) is 52.6 Å². The van der Waals surface area contributed by atoms with Crippen LogP contribution in [0.5, 0.6) is 0 Å². The minimum absolute atomic E-state index is 0.113. The zero-order valence-corrected chi connectivity index (χ0v) is 15.7. The molecule has 0 aliphatic carbocycles. The van der Waals surface area contributed by atoms with Gasteiger partial charge in [0.2, 0.25) is 0 Å². The number of alkyl halides is 1. The van der Waals surface area contributed by atoms with Crippen molar-refractivity contribution in [2.75, 3.05) is 7.11 Å². The van der Waals surface area contributed by atoms with Crippen LogP contribution in [-0.2, 0) is 20.7 Å². The number of methoxy groups -OCH3 is 1. The van der Waals surface area contributed by atoms with Gasteiger partial charge in [0.25, 0.3) is 0 Å². The Kier molecular flexibility index (Phi) is 7.12. The third kappa shape index (κ3) is 6.78. The zero-order valence-electron chi connectivity index (χ0n) is 12.8. The van der Waals surface area contributed by atoms with Crippen LogP contribution in [0.15, 0.2) is 12.1 Å². The van der Waals surface area contributed by atoms with Gasteiger partial charge in [-0.1, -0.05) is 22.6 Å². The first kappa shape index (κ1) is 18.4. The molecule has 0 aliphatic rings. The van der Waals surface area contributed by atoms with Crippen molar-refractivity contribution in [3.63, 3.8) is 0 Å². The van der Waals surface area contributed by atoms with Crippen LogP contribution < -0.4 is 0 Å². The van der Waals surface area contributed by atoms with E-state index < -0.39 is 5.60 Å². The molecule has 0 N–H and O–H groups in total. The molecular weight excluding hydrogens is 403 g/mol. The average Bonchev–Trinajstić information content (AvgIpc) is 2.84. The third-order valence-corrected chi connectivity index (χ3v) is 4.86. The van der Waals surface area contributed by atoms with Gasteiger partial charge < -0.3 is 9.47 Å². The lowest BCUT2D eigenvalue weighted by Gasteiger charge is -2.18. The van der Waals surface area contributed by atoms with Gasteiger partial charge in [-0.2, -0.15) is 0 Å². The summed E-state index contributed by atoms with van der Waals surface area (Å²) in [6.45, 7) is 5.56. The summed E-state index contributed by atoms with van der Waals surface area (Å²) in [5.74, 6) is -0.462. The van der Waals surface area contributed by atoms with E-state index in [0.717, 1.165) is 24.1 Å². The van der Waals surface area contributed by atoms with Gasteiger partial charge in [0, 0.05) is 4.88 Å². The van der Waals surface area contributed by atoms with Crippen LogP contribution in [0.2, 0.25) is 0 Å². The standard InChI is InChI=1S/C15H21IO4S/c1-15(2,3)20-14(18)12-9-8-10(21-12)6-5-7-11(16)13(17)19-4/h8-9,11H,5-7H2,1-4H3. The second kappa shape index (κ2) is 8.12. The first-order valence-corrected chi connectivity index (χ1v) is 8.83. The Labute approximate surface area is 143 Å². The van der Waals surface area contributed by atoms with Gasteiger partial charge in [-0.15, -0.1) is 11.3 Å². The van der Waals surface area contributed by atoms with Crippen molar-refractivity contribution >= 4 is 45.9 Å². The van der Waals surface area contributed by atoms with Crippen LogP contribution in [0.4, 0.5) is 0 Å². The maximum atomic E-state index is 11.9. The van der Waals surface area contributed by atoms with Crippen LogP contribution in [0.1, 0.15) is 48.2 Å². The molecule has 0 aromatic carbocycles. The molecule has 1 aromatic heterocycles. The van der Waals surface area contributed by atoms with Gasteiger partial charge in [0.05, 0.1) is 7.11 Å². The molecule has 21 heavy (non-hydrogen) atoms.